The number of aliphatic carboxylic acids is 1. The number of cyclic esters (lactones) is 1. The Kier molecular flexibility index (Phi) is 5.78. The molecule has 1 fully saturated rings. The molecule has 1 aliphatic rings. The Morgan fingerprint density at radius 1 is 1.16 bits per heavy atom. The zero-order chi connectivity index (χ0) is 22.0. The summed E-state index contributed by atoms with van der Waals surface area (Å²) in [4.78, 5) is 26.7. The summed E-state index contributed by atoms with van der Waals surface area (Å²) < 4.78 is 18.9. The Balaban J connectivity index is 1.51. The SMILES string of the molecule is CC(c1ccc(-c2ccc(F)cc2)cc1)N1CCC(CC(=O)O)(c2cccs2)OC1=O. The van der Waals surface area contributed by atoms with Crippen molar-refractivity contribution < 1.29 is 23.8 Å². The van der Waals surface area contributed by atoms with Gasteiger partial charge in [-0.3, -0.25) is 4.79 Å². The number of carboxylic acids is 1. The largest absolute Gasteiger partial charge is 0.481 e. The molecule has 31 heavy (non-hydrogen) atoms. The molecule has 1 N–H and O–H groups in total. The molecule has 2 unspecified atom stereocenters. The average Bonchev–Trinajstić information content (AvgIpc) is 3.29. The van der Waals surface area contributed by atoms with Crippen LogP contribution in [0.1, 0.15) is 36.2 Å². The van der Waals surface area contributed by atoms with E-state index >= 15 is 0 Å². The number of carbonyl (C=O) groups excluding carboxylic acids is 1. The first-order chi connectivity index (χ1) is 14.9. The second kappa shape index (κ2) is 8.51. The molecule has 1 amide bonds. The zero-order valence-corrected chi connectivity index (χ0v) is 17.8. The maximum Gasteiger partial charge on any atom is 0.411 e. The number of halogens is 1. The van der Waals surface area contributed by atoms with Crippen LogP contribution < -0.4 is 0 Å². The van der Waals surface area contributed by atoms with Gasteiger partial charge < -0.3 is 14.7 Å². The lowest BCUT2D eigenvalue weighted by atomic mass is 9.91. The van der Waals surface area contributed by atoms with E-state index in [1.165, 1.54) is 23.5 Å². The number of amides is 1. The molecule has 0 radical (unpaired) electrons. The van der Waals surface area contributed by atoms with Crippen LogP contribution in [0.5, 0.6) is 0 Å². The van der Waals surface area contributed by atoms with E-state index in [4.69, 9.17) is 4.74 Å². The van der Waals surface area contributed by atoms with Gasteiger partial charge >= 0.3 is 12.1 Å². The first-order valence-electron chi connectivity index (χ1n) is 9.99. The summed E-state index contributed by atoms with van der Waals surface area (Å²) in [5.41, 5.74) is 1.67. The second-order valence-corrected chi connectivity index (χ2v) is 8.61. The van der Waals surface area contributed by atoms with Crippen LogP contribution in [0, 0.1) is 5.82 Å². The van der Waals surface area contributed by atoms with Crippen molar-refractivity contribution in [3.05, 3.63) is 82.3 Å². The van der Waals surface area contributed by atoms with Gasteiger partial charge in [0.05, 0.1) is 12.5 Å². The molecule has 1 aromatic heterocycles. The van der Waals surface area contributed by atoms with Crippen LogP contribution in [-0.4, -0.2) is 28.6 Å². The van der Waals surface area contributed by atoms with Gasteiger partial charge in [-0.2, -0.15) is 0 Å². The Labute approximate surface area is 183 Å². The first kappa shape index (κ1) is 21.1. The van der Waals surface area contributed by atoms with Crippen LogP contribution >= 0.6 is 11.3 Å². The van der Waals surface area contributed by atoms with E-state index in [9.17, 15) is 19.1 Å². The van der Waals surface area contributed by atoms with Gasteiger partial charge in [0.15, 0.2) is 5.60 Å². The zero-order valence-electron chi connectivity index (χ0n) is 17.0. The van der Waals surface area contributed by atoms with E-state index in [0.29, 0.717) is 13.0 Å². The second-order valence-electron chi connectivity index (χ2n) is 7.66. The van der Waals surface area contributed by atoms with Crippen molar-refractivity contribution in [1.82, 2.24) is 4.90 Å². The molecule has 1 aliphatic heterocycles. The standard InChI is InChI=1S/C24H22FNO4S/c1-16(17-4-6-18(7-5-17)19-8-10-20(25)11-9-19)26-13-12-24(15-22(27)28,30-23(26)29)21-3-2-14-31-21/h2-11,14,16H,12-13,15H2,1H3,(H,27,28). The normalized spacial score (nSPS) is 19.7. The van der Waals surface area contributed by atoms with E-state index in [1.54, 1.807) is 17.0 Å². The number of hydrogen-bond acceptors (Lipinski definition) is 4. The highest BCUT2D eigenvalue weighted by Crippen LogP contribution is 2.41. The molecule has 4 rings (SSSR count). The molecular weight excluding hydrogens is 417 g/mol. The summed E-state index contributed by atoms with van der Waals surface area (Å²) in [6.45, 7) is 2.31. The summed E-state index contributed by atoms with van der Waals surface area (Å²) >= 11 is 1.40. The van der Waals surface area contributed by atoms with Crippen molar-refractivity contribution in [1.29, 1.82) is 0 Å². The van der Waals surface area contributed by atoms with Crippen LogP contribution in [0.25, 0.3) is 11.1 Å². The van der Waals surface area contributed by atoms with Crippen molar-refractivity contribution in [3.63, 3.8) is 0 Å². The maximum absolute atomic E-state index is 13.1. The molecule has 7 heteroatoms. The van der Waals surface area contributed by atoms with Crippen LogP contribution in [-0.2, 0) is 15.1 Å². The molecule has 2 atom stereocenters. The fourth-order valence-corrected chi connectivity index (χ4v) is 4.86. The van der Waals surface area contributed by atoms with Gasteiger partial charge in [-0.1, -0.05) is 42.5 Å². The molecule has 0 saturated carbocycles. The number of thiophene rings is 1. The van der Waals surface area contributed by atoms with Crippen molar-refractivity contribution in [2.24, 2.45) is 0 Å². The van der Waals surface area contributed by atoms with Crippen LogP contribution in [0.4, 0.5) is 9.18 Å². The molecule has 1 saturated heterocycles. The monoisotopic (exact) mass is 439 g/mol. The third kappa shape index (κ3) is 4.32. The third-order valence-electron chi connectivity index (χ3n) is 5.72. The highest BCUT2D eigenvalue weighted by atomic mass is 32.1. The van der Waals surface area contributed by atoms with Gasteiger partial charge in [-0.05, 0) is 47.2 Å². The summed E-state index contributed by atoms with van der Waals surface area (Å²) in [5, 5.41) is 11.2. The predicted octanol–water partition coefficient (Wildman–Crippen LogP) is 5.83. The van der Waals surface area contributed by atoms with Crippen molar-refractivity contribution in [2.75, 3.05) is 6.54 Å². The quantitative estimate of drug-likeness (QED) is 0.525. The fraction of sp³-hybridized carbons (Fsp3) is 0.250. The number of hydrogen-bond donors (Lipinski definition) is 1. The molecule has 2 heterocycles. The van der Waals surface area contributed by atoms with Crippen molar-refractivity contribution in [3.8, 4) is 11.1 Å². The van der Waals surface area contributed by atoms with E-state index in [2.05, 4.69) is 0 Å². The Hall–Kier alpha value is -3.19. The summed E-state index contributed by atoms with van der Waals surface area (Å²) in [5.74, 6) is -1.28. The molecule has 5 nitrogen and oxygen atoms in total. The number of benzene rings is 2. The molecule has 0 spiro atoms. The van der Waals surface area contributed by atoms with Gasteiger partial charge in [0.25, 0.3) is 0 Å². The van der Waals surface area contributed by atoms with E-state index in [0.717, 1.165) is 21.6 Å². The summed E-state index contributed by atoms with van der Waals surface area (Å²) in [6, 6.07) is 17.5. The number of ether oxygens (including phenoxy) is 1. The Morgan fingerprint density at radius 3 is 2.35 bits per heavy atom. The minimum Gasteiger partial charge on any atom is -0.481 e. The highest BCUT2D eigenvalue weighted by Gasteiger charge is 2.45. The molecule has 160 valence electrons. The van der Waals surface area contributed by atoms with Crippen molar-refractivity contribution >= 4 is 23.4 Å². The van der Waals surface area contributed by atoms with Gasteiger partial charge in [0.1, 0.15) is 5.82 Å². The molecule has 0 bridgehead atoms. The first-order valence-corrected chi connectivity index (χ1v) is 10.9. The van der Waals surface area contributed by atoms with Crippen molar-refractivity contribution in [2.45, 2.75) is 31.4 Å². The number of nitrogens with zero attached hydrogens (tertiary/aromatic N) is 1. The summed E-state index contributed by atoms with van der Waals surface area (Å²) in [6.07, 6.45) is -0.367. The van der Waals surface area contributed by atoms with E-state index in [1.807, 2.05) is 48.7 Å². The maximum atomic E-state index is 13.1. The molecule has 2 aromatic carbocycles. The number of carbonyl (C=O) groups is 2. The van der Waals surface area contributed by atoms with Gasteiger partial charge in [-0.15, -0.1) is 11.3 Å². The number of rotatable bonds is 6. The van der Waals surface area contributed by atoms with Crippen LogP contribution in [0.3, 0.4) is 0 Å². The predicted molar refractivity (Wildman–Crippen MR) is 116 cm³/mol. The Morgan fingerprint density at radius 2 is 1.81 bits per heavy atom. The summed E-state index contributed by atoms with van der Waals surface area (Å²) in [7, 11) is 0. The average molecular weight is 440 g/mol. The van der Waals surface area contributed by atoms with E-state index < -0.39 is 17.7 Å². The topological polar surface area (TPSA) is 66.8 Å². The molecular formula is C24H22FNO4S. The molecule has 3 aromatic rings. The lowest BCUT2D eigenvalue weighted by Crippen LogP contribution is -2.49. The highest BCUT2D eigenvalue weighted by molar-refractivity contribution is 7.10. The lowest BCUT2D eigenvalue weighted by molar-refractivity contribution is -0.146. The van der Waals surface area contributed by atoms with E-state index in [-0.39, 0.29) is 18.3 Å². The van der Waals surface area contributed by atoms with Gasteiger partial charge in [0, 0.05) is 17.8 Å². The van der Waals surface area contributed by atoms with Crippen LogP contribution in [0.2, 0.25) is 0 Å². The van der Waals surface area contributed by atoms with Gasteiger partial charge in [0.2, 0.25) is 0 Å². The number of carboxylic acid groups (broad SMARTS) is 1. The third-order valence-corrected chi connectivity index (χ3v) is 6.77. The lowest BCUT2D eigenvalue weighted by Gasteiger charge is -2.42. The van der Waals surface area contributed by atoms with Gasteiger partial charge in [-0.25, -0.2) is 9.18 Å². The minimum atomic E-state index is -1.13. The fourth-order valence-electron chi connectivity index (χ4n) is 3.96. The smallest absolute Gasteiger partial charge is 0.411 e. The Bertz CT molecular complexity index is 1070. The van der Waals surface area contributed by atoms with Crippen LogP contribution in [0.15, 0.2) is 66.0 Å². The molecule has 0 aliphatic carbocycles. The minimum absolute atomic E-state index is 0.235.